The fourth-order valence-corrected chi connectivity index (χ4v) is 4.67. The zero-order valence-corrected chi connectivity index (χ0v) is 19.1. The first kappa shape index (κ1) is 22.9. The lowest BCUT2D eigenvalue weighted by molar-refractivity contribution is 0.0684. The molecule has 164 valence electrons. The van der Waals surface area contributed by atoms with Gasteiger partial charge in [-0.05, 0) is 68.7 Å². The quantitative estimate of drug-likeness (QED) is 0.473. The molecule has 0 radical (unpaired) electrons. The van der Waals surface area contributed by atoms with Crippen molar-refractivity contribution in [3.63, 3.8) is 0 Å². The molecule has 0 saturated heterocycles. The van der Waals surface area contributed by atoms with E-state index in [1.54, 1.807) is 12.1 Å². The molecule has 3 rings (SSSR count). The van der Waals surface area contributed by atoms with Crippen molar-refractivity contribution in [1.29, 1.82) is 0 Å². The van der Waals surface area contributed by atoms with Crippen LogP contribution in [0.5, 0.6) is 5.75 Å². The monoisotopic (exact) mass is 461 g/mol. The highest BCUT2D eigenvalue weighted by Crippen LogP contribution is 2.26. The number of benzene rings is 2. The van der Waals surface area contributed by atoms with Gasteiger partial charge in [-0.25, -0.2) is 13.2 Å². The van der Waals surface area contributed by atoms with Crippen LogP contribution in [0.15, 0.2) is 58.5 Å². The average Bonchev–Trinajstić information content (AvgIpc) is 3.15. The molecule has 0 fully saturated rings. The molecule has 8 heteroatoms. The van der Waals surface area contributed by atoms with E-state index in [0.29, 0.717) is 30.3 Å². The van der Waals surface area contributed by atoms with Crippen LogP contribution >= 0.6 is 11.6 Å². The van der Waals surface area contributed by atoms with Crippen LogP contribution in [0.4, 0.5) is 0 Å². The number of carboxylic acid groups (broad SMARTS) is 1. The zero-order valence-electron chi connectivity index (χ0n) is 17.6. The van der Waals surface area contributed by atoms with Gasteiger partial charge in [-0.15, -0.1) is 0 Å². The normalized spacial score (nSPS) is 11.5. The number of carbonyl (C=O) groups is 1. The fraction of sp³-hybridized carbons (Fsp3) is 0.261. The lowest BCUT2D eigenvalue weighted by Crippen LogP contribution is -2.10. The summed E-state index contributed by atoms with van der Waals surface area (Å²) < 4.78 is 33.0. The first-order valence-electron chi connectivity index (χ1n) is 9.74. The zero-order chi connectivity index (χ0) is 22.8. The van der Waals surface area contributed by atoms with Crippen molar-refractivity contribution in [3.8, 4) is 5.75 Å². The van der Waals surface area contributed by atoms with Gasteiger partial charge >= 0.3 is 5.97 Å². The van der Waals surface area contributed by atoms with Crippen molar-refractivity contribution in [2.75, 3.05) is 6.61 Å². The van der Waals surface area contributed by atoms with E-state index in [-0.39, 0.29) is 15.5 Å². The molecule has 2 aromatic carbocycles. The number of sulfone groups is 1. The summed E-state index contributed by atoms with van der Waals surface area (Å²) in [4.78, 5) is 11.7. The third-order valence-electron chi connectivity index (χ3n) is 4.95. The van der Waals surface area contributed by atoms with Gasteiger partial charge in [0.05, 0.1) is 16.4 Å². The number of nitrogens with zero attached hydrogens (tertiary/aromatic N) is 1. The minimum Gasteiger partial charge on any atom is -0.494 e. The number of rotatable bonds is 8. The van der Waals surface area contributed by atoms with E-state index in [1.807, 2.05) is 32.9 Å². The lowest BCUT2D eigenvalue weighted by atomic mass is 10.1. The third-order valence-corrected chi connectivity index (χ3v) is 7.29. The number of carboxylic acids is 1. The number of aromatic carboxylic acids is 1. The molecule has 6 nitrogen and oxygen atoms in total. The maximum Gasteiger partial charge on any atom is 0.352 e. The van der Waals surface area contributed by atoms with Gasteiger partial charge in [0.25, 0.3) is 0 Å². The highest BCUT2D eigenvalue weighted by molar-refractivity contribution is 7.91. The number of halogens is 1. The molecule has 0 aliphatic rings. The molecule has 0 aliphatic heterocycles. The van der Waals surface area contributed by atoms with Crippen molar-refractivity contribution in [2.45, 2.75) is 43.5 Å². The predicted octanol–water partition coefficient (Wildman–Crippen LogP) is 5.07. The molecule has 0 bridgehead atoms. The Balaban J connectivity index is 1.74. The molecular weight excluding hydrogens is 438 g/mol. The van der Waals surface area contributed by atoms with E-state index in [0.717, 1.165) is 16.7 Å². The van der Waals surface area contributed by atoms with E-state index in [4.69, 9.17) is 16.3 Å². The first-order valence-corrected chi connectivity index (χ1v) is 11.6. The summed E-state index contributed by atoms with van der Waals surface area (Å²) in [5.74, 6) is -0.497. The number of hydrogen-bond acceptors (Lipinski definition) is 4. The summed E-state index contributed by atoms with van der Waals surface area (Å²) in [6.07, 6.45) is 1.87. The van der Waals surface area contributed by atoms with Crippen LogP contribution in [-0.4, -0.2) is 30.7 Å². The highest BCUT2D eigenvalue weighted by Gasteiger charge is 2.23. The lowest BCUT2D eigenvalue weighted by Gasteiger charge is -2.11. The first-order chi connectivity index (χ1) is 14.6. The van der Waals surface area contributed by atoms with Crippen LogP contribution in [0.25, 0.3) is 0 Å². The van der Waals surface area contributed by atoms with E-state index < -0.39 is 15.8 Å². The minimum absolute atomic E-state index is 0.0429. The Labute approximate surface area is 187 Å². The van der Waals surface area contributed by atoms with Crippen molar-refractivity contribution in [2.24, 2.45) is 0 Å². The smallest absolute Gasteiger partial charge is 0.352 e. The van der Waals surface area contributed by atoms with Crippen molar-refractivity contribution in [1.82, 2.24) is 4.57 Å². The Morgan fingerprint density at radius 1 is 1.03 bits per heavy atom. The van der Waals surface area contributed by atoms with Crippen LogP contribution in [-0.2, 0) is 16.4 Å². The Hall–Kier alpha value is -2.77. The van der Waals surface area contributed by atoms with Gasteiger partial charge in [0.1, 0.15) is 11.4 Å². The minimum atomic E-state index is -3.81. The fourth-order valence-electron chi connectivity index (χ4n) is 3.26. The number of hydrogen-bond donors (Lipinski definition) is 1. The Morgan fingerprint density at radius 2 is 1.65 bits per heavy atom. The largest absolute Gasteiger partial charge is 0.494 e. The third kappa shape index (κ3) is 5.11. The maximum atomic E-state index is 12.9. The van der Waals surface area contributed by atoms with E-state index in [2.05, 4.69) is 0 Å². The summed E-state index contributed by atoms with van der Waals surface area (Å²) in [6.45, 7) is 6.31. The van der Waals surface area contributed by atoms with Crippen LogP contribution in [0.1, 0.15) is 33.6 Å². The molecule has 0 amide bonds. The van der Waals surface area contributed by atoms with Gasteiger partial charge < -0.3 is 14.4 Å². The highest BCUT2D eigenvalue weighted by atomic mass is 35.5. The van der Waals surface area contributed by atoms with Crippen LogP contribution in [0, 0.1) is 20.8 Å². The SMILES string of the molecule is Cc1ccc(S(=O)(=O)c2cc(C(=O)O)n(CCCOc3cc(C)c(Cl)c(C)c3)c2)cc1. The Kier molecular flexibility index (Phi) is 6.77. The Morgan fingerprint density at radius 3 is 2.23 bits per heavy atom. The van der Waals surface area contributed by atoms with E-state index >= 15 is 0 Å². The molecule has 0 spiro atoms. The number of aryl methyl sites for hydroxylation is 4. The van der Waals surface area contributed by atoms with Gasteiger partial charge in [-0.3, -0.25) is 0 Å². The van der Waals surface area contributed by atoms with Gasteiger partial charge in [-0.1, -0.05) is 29.3 Å². The standard InChI is InChI=1S/C23H24ClNO5S/c1-15-5-7-19(8-6-15)31(28,29)20-13-21(23(26)27)25(14-20)9-4-10-30-18-11-16(2)22(24)17(3)12-18/h5-8,11-14H,4,9-10H2,1-3H3,(H,26,27). The molecule has 1 heterocycles. The molecule has 0 aliphatic carbocycles. The van der Waals surface area contributed by atoms with E-state index in [1.165, 1.54) is 29.0 Å². The van der Waals surface area contributed by atoms with Crippen LogP contribution < -0.4 is 4.74 Å². The molecule has 0 unspecified atom stereocenters. The predicted molar refractivity (Wildman–Crippen MR) is 119 cm³/mol. The summed E-state index contributed by atoms with van der Waals surface area (Å²) in [5.41, 5.74) is 2.69. The average molecular weight is 462 g/mol. The van der Waals surface area contributed by atoms with Crippen molar-refractivity contribution in [3.05, 3.63) is 76.1 Å². The summed E-state index contributed by atoms with van der Waals surface area (Å²) >= 11 is 6.17. The Bertz CT molecular complexity index is 1190. The van der Waals surface area contributed by atoms with Gasteiger partial charge in [0.15, 0.2) is 0 Å². The number of aromatic nitrogens is 1. The topological polar surface area (TPSA) is 85.6 Å². The maximum absolute atomic E-state index is 12.9. The molecule has 3 aromatic rings. The number of ether oxygens (including phenoxy) is 1. The molecule has 1 aromatic heterocycles. The van der Waals surface area contributed by atoms with E-state index in [9.17, 15) is 18.3 Å². The van der Waals surface area contributed by atoms with Crippen molar-refractivity contribution >= 4 is 27.4 Å². The molecule has 0 saturated carbocycles. The summed E-state index contributed by atoms with van der Waals surface area (Å²) in [7, 11) is -3.81. The second kappa shape index (κ2) is 9.16. The molecule has 31 heavy (non-hydrogen) atoms. The molecular formula is C23H24ClNO5S. The second-order valence-electron chi connectivity index (χ2n) is 7.45. The van der Waals surface area contributed by atoms with Crippen LogP contribution in [0.2, 0.25) is 5.02 Å². The summed E-state index contributed by atoms with van der Waals surface area (Å²) in [6, 6.07) is 11.3. The van der Waals surface area contributed by atoms with Crippen molar-refractivity contribution < 1.29 is 23.1 Å². The summed E-state index contributed by atoms with van der Waals surface area (Å²) in [5, 5.41) is 10.2. The molecule has 0 atom stereocenters. The molecule has 1 N–H and O–H groups in total. The van der Waals surface area contributed by atoms with Gasteiger partial charge in [0, 0.05) is 17.8 Å². The van der Waals surface area contributed by atoms with Crippen LogP contribution in [0.3, 0.4) is 0 Å². The van der Waals surface area contributed by atoms with Gasteiger partial charge in [0.2, 0.25) is 9.84 Å². The second-order valence-corrected chi connectivity index (χ2v) is 9.78. The van der Waals surface area contributed by atoms with Gasteiger partial charge in [-0.2, -0.15) is 0 Å².